The van der Waals surface area contributed by atoms with Crippen LogP contribution in [-0.4, -0.2) is 25.0 Å². The predicted octanol–water partition coefficient (Wildman–Crippen LogP) is 3.72. The molecular formula is C19H17ClN2O4. The number of hydrogen-bond acceptors (Lipinski definition) is 4. The molecule has 1 unspecified atom stereocenters. The number of halogens is 1. The normalized spacial score (nSPS) is 15.8. The first-order chi connectivity index (χ1) is 12.5. The molecule has 2 N–H and O–H groups in total. The summed E-state index contributed by atoms with van der Waals surface area (Å²) >= 11 is 6.06. The van der Waals surface area contributed by atoms with Gasteiger partial charge in [-0.3, -0.25) is 9.59 Å². The minimum absolute atomic E-state index is 0.225. The number of carbonyl (C=O) groups excluding carboxylic acids is 2. The van der Waals surface area contributed by atoms with Gasteiger partial charge >= 0.3 is 0 Å². The van der Waals surface area contributed by atoms with E-state index in [-0.39, 0.29) is 11.8 Å². The van der Waals surface area contributed by atoms with Crippen molar-refractivity contribution in [1.82, 2.24) is 0 Å². The minimum atomic E-state index is -0.540. The molecule has 0 aliphatic carbocycles. The Labute approximate surface area is 155 Å². The van der Waals surface area contributed by atoms with E-state index in [0.717, 1.165) is 5.56 Å². The number of fused-ring (bicyclic) bond motifs is 1. The summed E-state index contributed by atoms with van der Waals surface area (Å²) in [6.07, 6.45) is 2.50. The molecule has 0 fully saturated rings. The van der Waals surface area contributed by atoms with Gasteiger partial charge in [0.1, 0.15) is 11.5 Å². The second-order valence-corrected chi connectivity index (χ2v) is 6.08. The molecule has 0 saturated carbocycles. The average Bonchev–Trinajstić information content (AvgIpc) is 2.61. The minimum Gasteiger partial charge on any atom is -0.495 e. The second kappa shape index (κ2) is 7.49. The van der Waals surface area contributed by atoms with Crippen LogP contribution in [0.4, 0.5) is 11.4 Å². The topological polar surface area (TPSA) is 76.7 Å². The Balaban J connectivity index is 1.68. The Morgan fingerprint density at radius 2 is 2.12 bits per heavy atom. The third kappa shape index (κ3) is 3.97. The van der Waals surface area contributed by atoms with E-state index in [1.165, 1.54) is 13.2 Å². The maximum atomic E-state index is 12.1. The molecule has 0 bridgehead atoms. The lowest BCUT2D eigenvalue weighted by Gasteiger charge is -2.23. The number of methoxy groups -OCH3 is 1. The number of hydrogen-bond donors (Lipinski definition) is 2. The van der Waals surface area contributed by atoms with Crippen LogP contribution in [0.5, 0.6) is 11.5 Å². The van der Waals surface area contributed by atoms with Gasteiger partial charge in [0.15, 0.2) is 6.10 Å². The van der Waals surface area contributed by atoms with Gasteiger partial charge in [-0.05, 0) is 48.9 Å². The molecule has 1 aliphatic heterocycles. The third-order valence-electron chi connectivity index (χ3n) is 3.78. The highest BCUT2D eigenvalue weighted by atomic mass is 35.5. The van der Waals surface area contributed by atoms with Crippen molar-refractivity contribution < 1.29 is 19.1 Å². The van der Waals surface area contributed by atoms with Crippen LogP contribution < -0.4 is 20.1 Å². The Bertz CT molecular complexity index is 895. The van der Waals surface area contributed by atoms with Crippen LogP contribution >= 0.6 is 11.6 Å². The van der Waals surface area contributed by atoms with Gasteiger partial charge in [-0.2, -0.15) is 0 Å². The lowest BCUT2D eigenvalue weighted by atomic mass is 10.2. The van der Waals surface area contributed by atoms with E-state index in [4.69, 9.17) is 21.1 Å². The Morgan fingerprint density at radius 1 is 1.31 bits per heavy atom. The van der Waals surface area contributed by atoms with Crippen LogP contribution in [-0.2, 0) is 9.59 Å². The van der Waals surface area contributed by atoms with E-state index in [1.807, 2.05) is 0 Å². The largest absolute Gasteiger partial charge is 0.495 e. The molecule has 3 rings (SSSR count). The van der Waals surface area contributed by atoms with Crippen molar-refractivity contribution >= 4 is 40.9 Å². The number of benzene rings is 2. The highest BCUT2D eigenvalue weighted by Gasteiger charge is 2.23. The molecule has 0 spiro atoms. The molecule has 6 nitrogen and oxygen atoms in total. The molecule has 134 valence electrons. The van der Waals surface area contributed by atoms with Crippen molar-refractivity contribution in [2.24, 2.45) is 0 Å². The standard InChI is InChI=1S/C19H17ClN2O4/c1-11-19(24)22-15-10-13(5-7-17(15)26-11)21-18(23)8-4-12-3-6-16(25-2)14(20)9-12/h3-11H,1-2H3,(H,21,23)(H,22,24). The van der Waals surface area contributed by atoms with E-state index in [1.54, 1.807) is 49.4 Å². The summed E-state index contributed by atoms with van der Waals surface area (Å²) in [4.78, 5) is 23.8. The zero-order valence-electron chi connectivity index (χ0n) is 14.2. The number of carbonyl (C=O) groups is 2. The van der Waals surface area contributed by atoms with Crippen molar-refractivity contribution in [3.63, 3.8) is 0 Å². The van der Waals surface area contributed by atoms with Crippen molar-refractivity contribution in [3.8, 4) is 11.5 Å². The maximum absolute atomic E-state index is 12.1. The van der Waals surface area contributed by atoms with Crippen molar-refractivity contribution in [3.05, 3.63) is 53.1 Å². The number of rotatable bonds is 4. The number of nitrogens with one attached hydrogen (secondary N) is 2. The number of amides is 2. The van der Waals surface area contributed by atoms with Gasteiger partial charge in [-0.15, -0.1) is 0 Å². The van der Waals surface area contributed by atoms with E-state index < -0.39 is 6.10 Å². The van der Waals surface area contributed by atoms with Gasteiger partial charge < -0.3 is 20.1 Å². The fraction of sp³-hybridized carbons (Fsp3) is 0.158. The molecule has 2 aromatic rings. The first kappa shape index (κ1) is 17.8. The van der Waals surface area contributed by atoms with Gasteiger partial charge in [-0.25, -0.2) is 0 Å². The van der Waals surface area contributed by atoms with E-state index in [0.29, 0.717) is 27.9 Å². The van der Waals surface area contributed by atoms with Gasteiger partial charge in [0.25, 0.3) is 5.91 Å². The molecule has 0 saturated heterocycles. The molecule has 7 heteroatoms. The summed E-state index contributed by atoms with van der Waals surface area (Å²) in [5.74, 6) is 0.602. The Morgan fingerprint density at radius 3 is 2.85 bits per heavy atom. The van der Waals surface area contributed by atoms with E-state index >= 15 is 0 Å². The summed E-state index contributed by atoms with van der Waals surface area (Å²) in [5.41, 5.74) is 1.84. The van der Waals surface area contributed by atoms with Crippen molar-refractivity contribution in [1.29, 1.82) is 0 Å². The SMILES string of the molecule is COc1ccc(C=CC(=O)Nc2ccc3c(c2)NC(=O)C(C)O3)cc1Cl. The van der Waals surface area contributed by atoms with E-state index in [9.17, 15) is 9.59 Å². The monoisotopic (exact) mass is 372 g/mol. The fourth-order valence-corrected chi connectivity index (χ4v) is 2.69. The van der Waals surface area contributed by atoms with Gasteiger partial charge in [0, 0.05) is 11.8 Å². The van der Waals surface area contributed by atoms with Crippen molar-refractivity contribution in [2.75, 3.05) is 17.7 Å². The summed E-state index contributed by atoms with van der Waals surface area (Å²) in [7, 11) is 1.54. The van der Waals surface area contributed by atoms with Crippen LogP contribution in [0.3, 0.4) is 0 Å². The fourth-order valence-electron chi connectivity index (χ4n) is 2.43. The van der Waals surface area contributed by atoms with Gasteiger partial charge in [0.2, 0.25) is 5.91 Å². The first-order valence-corrected chi connectivity index (χ1v) is 8.28. The quantitative estimate of drug-likeness (QED) is 0.802. The molecule has 0 aromatic heterocycles. The zero-order chi connectivity index (χ0) is 18.7. The van der Waals surface area contributed by atoms with Crippen LogP contribution in [0.1, 0.15) is 12.5 Å². The maximum Gasteiger partial charge on any atom is 0.265 e. The van der Waals surface area contributed by atoms with E-state index in [2.05, 4.69) is 10.6 Å². The van der Waals surface area contributed by atoms with Gasteiger partial charge in [-0.1, -0.05) is 17.7 Å². The Kier molecular flexibility index (Phi) is 5.14. The Hall–Kier alpha value is -2.99. The van der Waals surface area contributed by atoms with Crippen LogP contribution in [0.2, 0.25) is 5.02 Å². The number of anilines is 2. The van der Waals surface area contributed by atoms with Crippen LogP contribution in [0.25, 0.3) is 6.08 Å². The molecule has 1 atom stereocenters. The highest BCUT2D eigenvalue weighted by molar-refractivity contribution is 6.32. The highest BCUT2D eigenvalue weighted by Crippen LogP contribution is 2.32. The molecule has 2 amide bonds. The molecule has 2 aromatic carbocycles. The lowest BCUT2D eigenvalue weighted by Crippen LogP contribution is -2.34. The van der Waals surface area contributed by atoms with Gasteiger partial charge in [0.05, 0.1) is 17.8 Å². The third-order valence-corrected chi connectivity index (χ3v) is 4.08. The summed E-state index contributed by atoms with van der Waals surface area (Å²) in [6, 6.07) is 10.3. The summed E-state index contributed by atoms with van der Waals surface area (Å²) in [6.45, 7) is 1.67. The van der Waals surface area contributed by atoms with Crippen LogP contribution in [0.15, 0.2) is 42.5 Å². The summed E-state index contributed by atoms with van der Waals surface area (Å²) in [5, 5.41) is 5.94. The first-order valence-electron chi connectivity index (χ1n) is 7.90. The van der Waals surface area contributed by atoms with Crippen LogP contribution in [0, 0.1) is 0 Å². The molecule has 26 heavy (non-hydrogen) atoms. The number of ether oxygens (including phenoxy) is 2. The molecule has 0 radical (unpaired) electrons. The lowest BCUT2D eigenvalue weighted by molar-refractivity contribution is -0.122. The summed E-state index contributed by atoms with van der Waals surface area (Å²) < 4.78 is 10.6. The average molecular weight is 373 g/mol. The second-order valence-electron chi connectivity index (χ2n) is 5.68. The smallest absolute Gasteiger partial charge is 0.265 e. The predicted molar refractivity (Wildman–Crippen MR) is 101 cm³/mol. The zero-order valence-corrected chi connectivity index (χ0v) is 15.0. The molecular weight excluding hydrogens is 356 g/mol. The van der Waals surface area contributed by atoms with Crippen molar-refractivity contribution in [2.45, 2.75) is 13.0 Å². The molecule has 1 heterocycles. The molecule has 1 aliphatic rings.